The van der Waals surface area contributed by atoms with Gasteiger partial charge in [-0.1, -0.05) is 6.07 Å². The normalized spacial score (nSPS) is 18.0. The van der Waals surface area contributed by atoms with Gasteiger partial charge in [-0.15, -0.1) is 0 Å². The lowest BCUT2D eigenvalue weighted by molar-refractivity contribution is -0.148. The number of esters is 2. The van der Waals surface area contributed by atoms with E-state index in [1.54, 1.807) is 0 Å². The van der Waals surface area contributed by atoms with Crippen LogP contribution in [0.2, 0.25) is 0 Å². The number of pyridine rings is 1. The average molecular weight is 378 g/mol. The lowest BCUT2D eigenvalue weighted by atomic mass is 10.1. The van der Waals surface area contributed by atoms with Crippen LogP contribution in [0.25, 0.3) is 0 Å². The van der Waals surface area contributed by atoms with E-state index in [1.807, 2.05) is 23.1 Å². The standard InChI is InChI=1S/C19H30N4O4/c1-22-10-9-20-13-15-5-4-6-16(21-15)14-23(12-11-22)17(19(25)27-3)7-8-18(24)26-2/h4-6,17,20H,7-14H2,1-3H3. The molecule has 2 heterocycles. The number of carbonyl (C=O) groups is 2. The van der Waals surface area contributed by atoms with Crippen LogP contribution in [0.1, 0.15) is 24.2 Å². The zero-order valence-corrected chi connectivity index (χ0v) is 16.4. The van der Waals surface area contributed by atoms with E-state index in [-0.39, 0.29) is 18.4 Å². The van der Waals surface area contributed by atoms with Gasteiger partial charge >= 0.3 is 11.9 Å². The van der Waals surface area contributed by atoms with Gasteiger partial charge in [0.2, 0.25) is 0 Å². The van der Waals surface area contributed by atoms with Crippen molar-refractivity contribution in [2.45, 2.75) is 32.0 Å². The van der Waals surface area contributed by atoms with Crippen LogP contribution in [0.3, 0.4) is 0 Å². The summed E-state index contributed by atoms with van der Waals surface area (Å²) in [7, 11) is 4.79. The summed E-state index contributed by atoms with van der Waals surface area (Å²) >= 11 is 0. The Kier molecular flexibility index (Phi) is 8.63. The Labute approximate surface area is 160 Å². The van der Waals surface area contributed by atoms with E-state index in [0.29, 0.717) is 26.1 Å². The molecular formula is C19H30N4O4. The fourth-order valence-corrected chi connectivity index (χ4v) is 3.11. The Morgan fingerprint density at radius 1 is 1.19 bits per heavy atom. The molecule has 1 atom stereocenters. The number of carbonyl (C=O) groups excluding carboxylic acids is 2. The van der Waals surface area contributed by atoms with Crippen molar-refractivity contribution in [2.24, 2.45) is 0 Å². The molecule has 8 nitrogen and oxygen atoms in total. The first-order chi connectivity index (χ1) is 13.0. The monoisotopic (exact) mass is 378 g/mol. The van der Waals surface area contributed by atoms with Crippen molar-refractivity contribution < 1.29 is 19.1 Å². The third-order valence-electron chi connectivity index (χ3n) is 4.74. The van der Waals surface area contributed by atoms with E-state index >= 15 is 0 Å². The lowest BCUT2D eigenvalue weighted by Gasteiger charge is -2.31. The Bertz CT molecular complexity index is 625. The molecule has 2 rings (SSSR count). The first-order valence-corrected chi connectivity index (χ1v) is 9.26. The molecule has 27 heavy (non-hydrogen) atoms. The maximum Gasteiger partial charge on any atom is 0.323 e. The maximum atomic E-state index is 12.4. The Hall–Kier alpha value is -2.03. The molecule has 0 saturated heterocycles. The van der Waals surface area contributed by atoms with E-state index in [9.17, 15) is 9.59 Å². The van der Waals surface area contributed by atoms with Gasteiger partial charge in [0, 0.05) is 45.7 Å². The SMILES string of the molecule is COC(=O)CCC(C(=O)OC)N1CCN(C)CCNCc2cccc(n2)C1. The van der Waals surface area contributed by atoms with Gasteiger partial charge in [-0.05, 0) is 25.6 Å². The molecule has 8 heteroatoms. The highest BCUT2D eigenvalue weighted by molar-refractivity contribution is 5.77. The molecule has 1 aliphatic rings. The second-order valence-electron chi connectivity index (χ2n) is 6.72. The molecule has 1 aromatic heterocycles. The van der Waals surface area contributed by atoms with Crippen molar-refractivity contribution in [3.05, 3.63) is 29.6 Å². The lowest BCUT2D eigenvalue weighted by Crippen LogP contribution is -2.46. The van der Waals surface area contributed by atoms with Crippen molar-refractivity contribution in [3.8, 4) is 0 Å². The van der Waals surface area contributed by atoms with E-state index < -0.39 is 6.04 Å². The number of hydrogen-bond donors (Lipinski definition) is 1. The van der Waals surface area contributed by atoms with Crippen LogP contribution in [0.15, 0.2) is 18.2 Å². The molecular weight excluding hydrogens is 348 g/mol. The van der Waals surface area contributed by atoms with Crippen LogP contribution >= 0.6 is 0 Å². The molecule has 150 valence electrons. The molecule has 1 aromatic rings. The average Bonchev–Trinajstić information content (AvgIpc) is 2.68. The van der Waals surface area contributed by atoms with Gasteiger partial charge in [0.05, 0.1) is 25.6 Å². The number of aromatic nitrogens is 1. The Morgan fingerprint density at radius 2 is 1.96 bits per heavy atom. The van der Waals surface area contributed by atoms with Gasteiger partial charge in [0.1, 0.15) is 6.04 Å². The van der Waals surface area contributed by atoms with Crippen LogP contribution in [0.4, 0.5) is 0 Å². The fraction of sp³-hybridized carbons (Fsp3) is 0.632. The molecule has 0 spiro atoms. The molecule has 1 aliphatic heterocycles. The van der Waals surface area contributed by atoms with Gasteiger partial charge < -0.3 is 19.7 Å². The third-order valence-corrected chi connectivity index (χ3v) is 4.74. The van der Waals surface area contributed by atoms with Gasteiger partial charge in [-0.25, -0.2) is 0 Å². The first kappa shape index (κ1) is 21.3. The van der Waals surface area contributed by atoms with Crippen molar-refractivity contribution in [1.82, 2.24) is 20.1 Å². The van der Waals surface area contributed by atoms with Crippen LogP contribution in [0.5, 0.6) is 0 Å². The first-order valence-electron chi connectivity index (χ1n) is 9.26. The van der Waals surface area contributed by atoms with Crippen molar-refractivity contribution in [2.75, 3.05) is 47.4 Å². The minimum Gasteiger partial charge on any atom is -0.469 e. The second-order valence-corrected chi connectivity index (χ2v) is 6.72. The minimum absolute atomic E-state index is 0.167. The summed E-state index contributed by atoms with van der Waals surface area (Å²) in [6.07, 6.45) is 0.518. The van der Waals surface area contributed by atoms with Crippen molar-refractivity contribution in [1.29, 1.82) is 0 Å². The molecule has 0 saturated carbocycles. The smallest absolute Gasteiger partial charge is 0.323 e. The molecule has 1 unspecified atom stereocenters. The largest absolute Gasteiger partial charge is 0.469 e. The quantitative estimate of drug-likeness (QED) is 0.738. The van der Waals surface area contributed by atoms with E-state index in [4.69, 9.17) is 14.5 Å². The van der Waals surface area contributed by atoms with E-state index in [2.05, 4.69) is 17.3 Å². The summed E-state index contributed by atoms with van der Waals surface area (Å²) in [6, 6.07) is 5.41. The van der Waals surface area contributed by atoms with Gasteiger partial charge in [0.15, 0.2) is 0 Å². The summed E-state index contributed by atoms with van der Waals surface area (Å²) in [5, 5.41) is 3.40. The number of ether oxygens (including phenoxy) is 2. The van der Waals surface area contributed by atoms with E-state index in [0.717, 1.165) is 31.0 Å². The van der Waals surface area contributed by atoms with E-state index in [1.165, 1.54) is 14.2 Å². The van der Waals surface area contributed by atoms with Crippen molar-refractivity contribution >= 4 is 11.9 Å². The summed E-state index contributed by atoms with van der Waals surface area (Å²) in [5.74, 6) is -0.673. The number of likely N-dealkylation sites (N-methyl/N-ethyl adjacent to an activating group) is 1. The number of fused-ring (bicyclic) bond motifs is 2. The number of hydrogen-bond acceptors (Lipinski definition) is 8. The summed E-state index contributed by atoms with van der Waals surface area (Å²) in [5.41, 5.74) is 1.87. The fourth-order valence-electron chi connectivity index (χ4n) is 3.11. The predicted octanol–water partition coefficient (Wildman–Crippen LogP) is 0.413. The zero-order valence-electron chi connectivity index (χ0n) is 16.4. The highest BCUT2D eigenvalue weighted by atomic mass is 16.5. The summed E-state index contributed by atoms with van der Waals surface area (Å²) < 4.78 is 9.74. The molecule has 0 aliphatic carbocycles. The molecule has 2 bridgehead atoms. The highest BCUT2D eigenvalue weighted by Gasteiger charge is 2.28. The number of rotatable bonds is 5. The maximum absolute atomic E-state index is 12.4. The topological polar surface area (TPSA) is 84.0 Å². The summed E-state index contributed by atoms with van der Waals surface area (Å²) in [4.78, 5) is 33.0. The Balaban J connectivity index is 2.23. The second kappa shape index (κ2) is 11.0. The molecule has 0 amide bonds. The van der Waals surface area contributed by atoms with Crippen LogP contribution in [0, 0.1) is 0 Å². The molecule has 0 radical (unpaired) electrons. The summed E-state index contributed by atoms with van der Waals surface area (Å²) in [6.45, 7) is 4.47. The highest BCUT2D eigenvalue weighted by Crippen LogP contribution is 2.15. The minimum atomic E-state index is -0.519. The third kappa shape index (κ3) is 6.89. The molecule has 1 N–H and O–H groups in total. The van der Waals surface area contributed by atoms with Crippen molar-refractivity contribution in [3.63, 3.8) is 0 Å². The van der Waals surface area contributed by atoms with Gasteiger partial charge in [-0.2, -0.15) is 0 Å². The van der Waals surface area contributed by atoms with Crippen LogP contribution < -0.4 is 5.32 Å². The molecule has 0 aromatic carbocycles. The zero-order chi connectivity index (χ0) is 19.6. The van der Waals surface area contributed by atoms with Crippen LogP contribution in [-0.4, -0.2) is 80.2 Å². The van der Waals surface area contributed by atoms with Gasteiger partial charge in [0.25, 0.3) is 0 Å². The van der Waals surface area contributed by atoms with Crippen LogP contribution in [-0.2, 0) is 32.2 Å². The number of methoxy groups -OCH3 is 2. The number of nitrogens with one attached hydrogen (secondary N) is 1. The predicted molar refractivity (Wildman–Crippen MR) is 101 cm³/mol. The molecule has 0 fully saturated rings. The number of nitrogens with zero attached hydrogens (tertiary/aromatic N) is 3. The van der Waals surface area contributed by atoms with Gasteiger partial charge in [-0.3, -0.25) is 19.5 Å². The Morgan fingerprint density at radius 3 is 2.70 bits per heavy atom.